The molecule has 28 heavy (non-hydrogen) atoms. The SMILES string of the molecule is CC(C)[C@@H]1CC[C@@H](C)C[C@H]1OC[C@H](O)CN1CCN(c2ccccc2F)CC1. The predicted octanol–water partition coefficient (Wildman–Crippen LogP) is 3.79. The zero-order chi connectivity index (χ0) is 20.1. The number of halogens is 1. The van der Waals surface area contributed by atoms with Crippen molar-refractivity contribution in [3.05, 3.63) is 30.1 Å². The quantitative estimate of drug-likeness (QED) is 0.766. The van der Waals surface area contributed by atoms with Crippen molar-refractivity contribution in [1.82, 2.24) is 4.90 Å². The van der Waals surface area contributed by atoms with E-state index < -0.39 is 6.10 Å². The lowest BCUT2D eigenvalue weighted by atomic mass is 9.75. The molecule has 0 amide bonds. The van der Waals surface area contributed by atoms with Gasteiger partial charge in [0.2, 0.25) is 0 Å². The van der Waals surface area contributed by atoms with Crippen LogP contribution in [0.2, 0.25) is 0 Å². The van der Waals surface area contributed by atoms with Gasteiger partial charge in [-0.1, -0.05) is 39.3 Å². The Morgan fingerprint density at radius 2 is 1.86 bits per heavy atom. The van der Waals surface area contributed by atoms with Crippen LogP contribution in [0, 0.1) is 23.6 Å². The largest absolute Gasteiger partial charge is 0.389 e. The average molecular weight is 393 g/mol. The van der Waals surface area contributed by atoms with Crippen molar-refractivity contribution in [3.63, 3.8) is 0 Å². The first-order chi connectivity index (χ1) is 13.4. The first-order valence-corrected chi connectivity index (χ1v) is 11.0. The summed E-state index contributed by atoms with van der Waals surface area (Å²) in [6, 6.07) is 6.95. The van der Waals surface area contributed by atoms with Crippen LogP contribution in [0.15, 0.2) is 24.3 Å². The molecular formula is C23H37FN2O2. The fraction of sp³-hybridized carbons (Fsp3) is 0.739. The molecule has 4 atom stereocenters. The second-order valence-electron chi connectivity index (χ2n) is 9.09. The molecule has 1 aliphatic carbocycles. The van der Waals surface area contributed by atoms with E-state index >= 15 is 0 Å². The first-order valence-electron chi connectivity index (χ1n) is 11.0. The number of benzene rings is 1. The van der Waals surface area contributed by atoms with E-state index in [4.69, 9.17) is 4.74 Å². The highest BCUT2D eigenvalue weighted by Gasteiger charge is 2.32. The predicted molar refractivity (Wildman–Crippen MR) is 112 cm³/mol. The Morgan fingerprint density at radius 3 is 2.54 bits per heavy atom. The van der Waals surface area contributed by atoms with E-state index in [0.29, 0.717) is 36.6 Å². The minimum atomic E-state index is -0.468. The molecule has 5 heteroatoms. The number of ether oxygens (including phenoxy) is 1. The van der Waals surface area contributed by atoms with Gasteiger partial charge in [0.15, 0.2) is 0 Å². The van der Waals surface area contributed by atoms with Crippen LogP contribution in [-0.4, -0.2) is 61.5 Å². The Balaban J connectivity index is 1.42. The van der Waals surface area contributed by atoms with Gasteiger partial charge in [0, 0.05) is 32.7 Å². The molecule has 2 fully saturated rings. The maximum atomic E-state index is 14.0. The van der Waals surface area contributed by atoms with Crippen LogP contribution in [0.5, 0.6) is 0 Å². The fourth-order valence-electron chi connectivity index (χ4n) is 4.77. The molecule has 1 saturated heterocycles. The summed E-state index contributed by atoms with van der Waals surface area (Å²) in [5.74, 6) is 1.78. The number of anilines is 1. The Labute approximate surface area is 169 Å². The van der Waals surface area contributed by atoms with Crippen LogP contribution >= 0.6 is 0 Å². The van der Waals surface area contributed by atoms with Crippen LogP contribution in [-0.2, 0) is 4.74 Å². The third-order valence-electron chi connectivity index (χ3n) is 6.50. The lowest BCUT2D eigenvalue weighted by Crippen LogP contribution is -2.49. The summed E-state index contributed by atoms with van der Waals surface area (Å²) in [6.45, 7) is 11.1. The smallest absolute Gasteiger partial charge is 0.146 e. The van der Waals surface area contributed by atoms with Crippen LogP contribution in [0.25, 0.3) is 0 Å². The van der Waals surface area contributed by atoms with E-state index in [1.165, 1.54) is 18.9 Å². The van der Waals surface area contributed by atoms with Crippen molar-refractivity contribution in [2.45, 2.75) is 52.2 Å². The molecule has 1 aliphatic heterocycles. The number of para-hydroxylation sites is 1. The summed E-state index contributed by atoms with van der Waals surface area (Å²) < 4.78 is 20.2. The van der Waals surface area contributed by atoms with Gasteiger partial charge in [-0.05, 0) is 42.7 Å². The Kier molecular flexibility index (Phi) is 7.72. The molecule has 1 aromatic carbocycles. The molecule has 0 unspecified atom stereocenters. The minimum Gasteiger partial charge on any atom is -0.389 e. The highest BCUT2D eigenvalue weighted by Crippen LogP contribution is 2.35. The van der Waals surface area contributed by atoms with Gasteiger partial charge < -0.3 is 14.7 Å². The second kappa shape index (κ2) is 10.0. The van der Waals surface area contributed by atoms with Crippen LogP contribution in [0.3, 0.4) is 0 Å². The van der Waals surface area contributed by atoms with Crippen LogP contribution in [0.4, 0.5) is 10.1 Å². The second-order valence-corrected chi connectivity index (χ2v) is 9.09. The molecule has 0 spiro atoms. The van der Waals surface area contributed by atoms with E-state index in [2.05, 4.69) is 30.6 Å². The third-order valence-corrected chi connectivity index (χ3v) is 6.50. The van der Waals surface area contributed by atoms with Crippen LogP contribution in [0.1, 0.15) is 40.0 Å². The summed E-state index contributed by atoms with van der Waals surface area (Å²) in [5.41, 5.74) is 0.678. The molecule has 1 heterocycles. The maximum Gasteiger partial charge on any atom is 0.146 e. The molecule has 1 N–H and O–H groups in total. The summed E-state index contributed by atoms with van der Waals surface area (Å²) in [6.07, 6.45) is 3.44. The Hall–Kier alpha value is -1.17. The average Bonchev–Trinajstić information content (AvgIpc) is 2.67. The zero-order valence-corrected chi connectivity index (χ0v) is 17.7. The standard InChI is InChI=1S/C23H37FN2O2/c1-17(2)20-9-8-18(3)14-23(20)28-16-19(27)15-25-10-12-26(13-11-25)22-7-5-4-6-21(22)24/h4-7,17-20,23,27H,8-16H2,1-3H3/t18-,19-,20+,23-/m1/s1. The van der Waals surface area contributed by atoms with E-state index in [0.717, 1.165) is 32.6 Å². The summed E-state index contributed by atoms with van der Waals surface area (Å²) >= 11 is 0. The van der Waals surface area contributed by atoms with E-state index in [-0.39, 0.29) is 11.9 Å². The monoisotopic (exact) mass is 392 g/mol. The Bertz CT molecular complexity index is 604. The van der Waals surface area contributed by atoms with Gasteiger partial charge in [-0.3, -0.25) is 4.90 Å². The van der Waals surface area contributed by atoms with Crippen molar-refractivity contribution in [2.24, 2.45) is 17.8 Å². The number of β-amino-alcohol motifs (C(OH)–C–C–N with tert-alkyl or cyclic N) is 1. The van der Waals surface area contributed by atoms with Gasteiger partial charge in [-0.2, -0.15) is 0 Å². The van der Waals surface area contributed by atoms with E-state index in [1.54, 1.807) is 6.07 Å². The topological polar surface area (TPSA) is 35.9 Å². The molecule has 1 saturated carbocycles. The van der Waals surface area contributed by atoms with Crippen molar-refractivity contribution in [2.75, 3.05) is 44.2 Å². The van der Waals surface area contributed by atoms with Gasteiger partial charge >= 0.3 is 0 Å². The minimum absolute atomic E-state index is 0.161. The Morgan fingerprint density at radius 1 is 1.14 bits per heavy atom. The number of rotatable bonds is 7. The van der Waals surface area contributed by atoms with Crippen molar-refractivity contribution in [3.8, 4) is 0 Å². The molecule has 4 nitrogen and oxygen atoms in total. The van der Waals surface area contributed by atoms with Gasteiger partial charge in [-0.15, -0.1) is 0 Å². The highest BCUT2D eigenvalue weighted by atomic mass is 19.1. The summed E-state index contributed by atoms with van der Waals surface area (Å²) in [5, 5.41) is 10.5. The molecule has 158 valence electrons. The van der Waals surface area contributed by atoms with Gasteiger partial charge in [0.25, 0.3) is 0 Å². The number of aliphatic hydroxyl groups is 1. The number of aliphatic hydroxyl groups excluding tert-OH is 1. The molecule has 0 aromatic heterocycles. The molecule has 1 aromatic rings. The molecule has 0 bridgehead atoms. The lowest BCUT2D eigenvalue weighted by molar-refractivity contribution is -0.0740. The van der Waals surface area contributed by atoms with Crippen molar-refractivity contribution >= 4 is 5.69 Å². The number of hydrogen-bond acceptors (Lipinski definition) is 4. The zero-order valence-electron chi connectivity index (χ0n) is 17.7. The number of nitrogens with zero attached hydrogens (tertiary/aromatic N) is 2. The highest BCUT2D eigenvalue weighted by molar-refractivity contribution is 5.47. The number of hydrogen-bond donors (Lipinski definition) is 1. The van der Waals surface area contributed by atoms with Gasteiger partial charge in [0.05, 0.1) is 24.5 Å². The van der Waals surface area contributed by atoms with Crippen molar-refractivity contribution in [1.29, 1.82) is 0 Å². The van der Waals surface area contributed by atoms with E-state index in [9.17, 15) is 9.50 Å². The van der Waals surface area contributed by atoms with Crippen molar-refractivity contribution < 1.29 is 14.2 Å². The van der Waals surface area contributed by atoms with Crippen LogP contribution < -0.4 is 4.90 Å². The summed E-state index contributed by atoms with van der Waals surface area (Å²) in [7, 11) is 0. The maximum absolute atomic E-state index is 14.0. The molecule has 2 aliphatic rings. The first kappa shape index (κ1) is 21.5. The van der Waals surface area contributed by atoms with Gasteiger partial charge in [-0.25, -0.2) is 4.39 Å². The lowest BCUT2D eigenvalue weighted by Gasteiger charge is -2.39. The fourth-order valence-corrected chi connectivity index (χ4v) is 4.77. The molecule has 0 radical (unpaired) electrons. The molecule has 3 rings (SSSR count). The normalized spacial score (nSPS) is 27.9. The van der Waals surface area contributed by atoms with Gasteiger partial charge in [0.1, 0.15) is 5.82 Å². The summed E-state index contributed by atoms with van der Waals surface area (Å²) in [4.78, 5) is 4.35. The number of piperazine rings is 1. The molecular weight excluding hydrogens is 355 g/mol. The third kappa shape index (κ3) is 5.68. The van der Waals surface area contributed by atoms with E-state index in [1.807, 2.05) is 12.1 Å².